The molecule has 2 rings (SSSR count). The van der Waals surface area contributed by atoms with Crippen LogP contribution in [-0.4, -0.2) is 32.4 Å². The molecule has 1 aromatic rings. The van der Waals surface area contributed by atoms with Crippen molar-refractivity contribution in [2.75, 3.05) is 26.4 Å². The largest absolute Gasteiger partial charge is 0.491 e. The molecule has 0 atom stereocenters. The van der Waals surface area contributed by atoms with Gasteiger partial charge in [-0.15, -0.1) is 0 Å². The average Bonchev–Trinajstić information content (AvgIpc) is 2.38. The van der Waals surface area contributed by atoms with Crippen LogP contribution in [0.1, 0.15) is 12.8 Å². The summed E-state index contributed by atoms with van der Waals surface area (Å²) in [5, 5.41) is 4.62. The van der Waals surface area contributed by atoms with E-state index in [-0.39, 0.29) is 0 Å². The number of rotatable bonds is 5. The third-order valence-electron chi connectivity index (χ3n) is 2.91. The second kappa shape index (κ2) is 7.19. The van der Waals surface area contributed by atoms with E-state index < -0.39 is 0 Å². The zero-order valence-electron chi connectivity index (χ0n) is 10.1. The van der Waals surface area contributed by atoms with E-state index in [1.165, 1.54) is 0 Å². The highest BCUT2D eigenvalue weighted by molar-refractivity contribution is 6.35. The van der Waals surface area contributed by atoms with Gasteiger partial charge in [0, 0.05) is 30.8 Å². The van der Waals surface area contributed by atoms with Crippen LogP contribution in [0.5, 0.6) is 5.75 Å². The lowest BCUT2D eigenvalue weighted by atomic mass is 10.1. The molecule has 1 aliphatic heterocycles. The summed E-state index contributed by atoms with van der Waals surface area (Å²) in [7, 11) is 0. The van der Waals surface area contributed by atoms with Gasteiger partial charge in [-0.3, -0.25) is 0 Å². The van der Waals surface area contributed by atoms with Crippen molar-refractivity contribution in [3.63, 3.8) is 0 Å². The molecule has 0 saturated carbocycles. The Kier molecular flexibility index (Phi) is 5.57. The van der Waals surface area contributed by atoms with Gasteiger partial charge in [0.2, 0.25) is 0 Å². The molecule has 100 valence electrons. The van der Waals surface area contributed by atoms with Gasteiger partial charge < -0.3 is 14.8 Å². The fourth-order valence-electron chi connectivity index (χ4n) is 1.92. The van der Waals surface area contributed by atoms with Crippen molar-refractivity contribution in [3.8, 4) is 5.75 Å². The summed E-state index contributed by atoms with van der Waals surface area (Å²) in [4.78, 5) is 0. The minimum atomic E-state index is 0.544. The Morgan fingerprint density at radius 3 is 2.78 bits per heavy atom. The van der Waals surface area contributed by atoms with Crippen LogP contribution in [0.25, 0.3) is 0 Å². The molecular formula is C13H17Cl2NO2. The maximum atomic E-state index is 6.01. The van der Waals surface area contributed by atoms with Crippen LogP contribution in [0.2, 0.25) is 10.0 Å². The highest BCUT2D eigenvalue weighted by atomic mass is 35.5. The van der Waals surface area contributed by atoms with Crippen LogP contribution in [0.15, 0.2) is 18.2 Å². The number of ether oxygens (including phenoxy) is 2. The molecule has 18 heavy (non-hydrogen) atoms. The molecule has 0 aliphatic carbocycles. The van der Waals surface area contributed by atoms with Crippen LogP contribution in [-0.2, 0) is 4.74 Å². The van der Waals surface area contributed by atoms with Crippen LogP contribution >= 0.6 is 23.2 Å². The summed E-state index contributed by atoms with van der Waals surface area (Å²) in [6.45, 7) is 3.10. The van der Waals surface area contributed by atoms with Crippen LogP contribution in [0.3, 0.4) is 0 Å². The van der Waals surface area contributed by atoms with E-state index in [0.29, 0.717) is 28.4 Å². The average molecular weight is 290 g/mol. The topological polar surface area (TPSA) is 30.5 Å². The van der Waals surface area contributed by atoms with E-state index in [1.54, 1.807) is 18.2 Å². The third kappa shape index (κ3) is 4.32. The van der Waals surface area contributed by atoms with Gasteiger partial charge in [0.1, 0.15) is 12.4 Å². The van der Waals surface area contributed by atoms with E-state index in [2.05, 4.69) is 5.32 Å². The Morgan fingerprint density at radius 1 is 1.28 bits per heavy atom. The molecule has 5 heteroatoms. The minimum absolute atomic E-state index is 0.544. The zero-order chi connectivity index (χ0) is 12.8. The van der Waals surface area contributed by atoms with Crippen LogP contribution in [0, 0.1) is 0 Å². The fourth-order valence-corrected chi connectivity index (χ4v) is 2.38. The number of halogens is 2. The van der Waals surface area contributed by atoms with Crippen molar-refractivity contribution < 1.29 is 9.47 Å². The normalized spacial score (nSPS) is 16.8. The lowest BCUT2D eigenvalue weighted by molar-refractivity contribution is 0.0770. The Morgan fingerprint density at radius 2 is 2.06 bits per heavy atom. The SMILES string of the molecule is Clc1ccc(OCCNC2CCOCC2)c(Cl)c1. The lowest BCUT2D eigenvalue weighted by Crippen LogP contribution is -2.37. The van der Waals surface area contributed by atoms with Crippen molar-refractivity contribution in [2.24, 2.45) is 0 Å². The highest BCUT2D eigenvalue weighted by Crippen LogP contribution is 2.27. The van der Waals surface area contributed by atoms with Gasteiger partial charge >= 0.3 is 0 Å². The first kappa shape index (κ1) is 13.9. The molecule has 1 aliphatic rings. The molecule has 0 unspecified atom stereocenters. The molecule has 0 amide bonds. The lowest BCUT2D eigenvalue weighted by Gasteiger charge is -2.23. The molecular weight excluding hydrogens is 273 g/mol. The summed E-state index contributed by atoms with van der Waals surface area (Å²) >= 11 is 11.8. The molecule has 0 radical (unpaired) electrons. The van der Waals surface area contributed by atoms with E-state index in [1.807, 2.05) is 0 Å². The summed E-state index contributed by atoms with van der Waals surface area (Å²) < 4.78 is 10.9. The van der Waals surface area contributed by atoms with Gasteiger partial charge in [0.25, 0.3) is 0 Å². The van der Waals surface area contributed by atoms with E-state index in [9.17, 15) is 0 Å². The van der Waals surface area contributed by atoms with Gasteiger partial charge in [0.15, 0.2) is 0 Å². The second-order valence-corrected chi connectivity index (χ2v) is 5.11. The number of hydrogen-bond donors (Lipinski definition) is 1. The van der Waals surface area contributed by atoms with Gasteiger partial charge in [-0.2, -0.15) is 0 Å². The fraction of sp³-hybridized carbons (Fsp3) is 0.538. The van der Waals surface area contributed by atoms with E-state index in [4.69, 9.17) is 32.7 Å². The van der Waals surface area contributed by atoms with Crippen LogP contribution in [0.4, 0.5) is 0 Å². The zero-order valence-corrected chi connectivity index (χ0v) is 11.6. The highest BCUT2D eigenvalue weighted by Gasteiger charge is 2.12. The smallest absolute Gasteiger partial charge is 0.138 e. The first-order chi connectivity index (χ1) is 8.75. The quantitative estimate of drug-likeness (QED) is 0.845. The summed E-state index contributed by atoms with van der Waals surface area (Å²) in [5.41, 5.74) is 0. The standard InChI is InChI=1S/C13H17Cl2NO2/c14-10-1-2-13(12(15)9-10)18-8-5-16-11-3-6-17-7-4-11/h1-2,9,11,16H,3-8H2. The molecule has 3 nitrogen and oxygen atoms in total. The number of hydrogen-bond acceptors (Lipinski definition) is 3. The van der Waals surface area contributed by atoms with E-state index >= 15 is 0 Å². The van der Waals surface area contributed by atoms with Crippen molar-refractivity contribution in [3.05, 3.63) is 28.2 Å². The third-order valence-corrected chi connectivity index (χ3v) is 3.44. The maximum Gasteiger partial charge on any atom is 0.138 e. The predicted molar refractivity (Wildman–Crippen MR) is 73.8 cm³/mol. The van der Waals surface area contributed by atoms with Gasteiger partial charge in [-0.25, -0.2) is 0 Å². The van der Waals surface area contributed by atoms with Crippen LogP contribution < -0.4 is 10.1 Å². The molecule has 1 aromatic carbocycles. The predicted octanol–water partition coefficient (Wildman–Crippen LogP) is 3.14. The summed E-state index contributed by atoms with van der Waals surface area (Å²) in [5.74, 6) is 0.676. The number of benzene rings is 1. The van der Waals surface area contributed by atoms with Gasteiger partial charge in [-0.1, -0.05) is 23.2 Å². The first-order valence-electron chi connectivity index (χ1n) is 6.14. The Bertz CT molecular complexity index is 381. The summed E-state index contributed by atoms with van der Waals surface area (Å²) in [6.07, 6.45) is 2.14. The Labute approximate surface area is 117 Å². The molecule has 0 spiro atoms. The van der Waals surface area contributed by atoms with E-state index in [0.717, 1.165) is 32.6 Å². The van der Waals surface area contributed by atoms with Crippen molar-refractivity contribution >= 4 is 23.2 Å². The minimum Gasteiger partial charge on any atom is -0.491 e. The monoisotopic (exact) mass is 289 g/mol. The molecule has 1 saturated heterocycles. The maximum absolute atomic E-state index is 6.01. The molecule has 1 N–H and O–H groups in total. The number of nitrogens with one attached hydrogen (secondary N) is 1. The van der Waals surface area contributed by atoms with Crippen molar-refractivity contribution in [1.29, 1.82) is 0 Å². The summed E-state index contributed by atoms with van der Waals surface area (Å²) in [6, 6.07) is 5.79. The molecule has 0 bridgehead atoms. The molecule has 0 aromatic heterocycles. The Hall–Kier alpha value is -0.480. The van der Waals surface area contributed by atoms with Crippen molar-refractivity contribution in [1.82, 2.24) is 5.32 Å². The van der Waals surface area contributed by atoms with Gasteiger partial charge in [-0.05, 0) is 31.0 Å². The van der Waals surface area contributed by atoms with Gasteiger partial charge in [0.05, 0.1) is 5.02 Å². The molecule has 1 fully saturated rings. The first-order valence-corrected chi connectivity index (χ1v) is 6.90. The Balaban J connectivity index is 1.68. The second-order valence-electron chi connectivity index (χ2n) is 4.26. The van der Waals surface area contributed by atoms with Crippen molar-refractivity contribution in [2.45, 2.75) is 18.9 Å². The molecule has 1 heterocycles.